The lowest BCUT2D eigenvalue weighted by atomic mass is 10.0. The molecule has 0 aromatic heterocycles. The number of carbonyl (C=O) groups excluding carboxylic acids is 1. The standard InChI is InChI=1S/C14H26N2O3S/c1-11(2)14(17)16-7-3-12(4-8-16)15-13-5-9-20(18,19)10-6-13/h11-13,15H,3-10H2,1-2H3. The average Bonchev–Trinajstić information content (AvgIpc) is 2.41. The van der Waals surface area contributed by atoms with Gasteiger partial charge in [-0.2, -0.15) is 0 Å². The van der Waals surface area contributed by atoms with Crippen LogP contribution in [-0.2, 0) is 14.6 Å². The van der Waals surface area contributed by atoms with Gasteiger partial charge in [-0.05, 0) is 25.7 Å². The molecule has 2 fully saturated rings. The van der Waals surface area contributed by atoms with Crippen molar-refractivity contribution in [2.45, 2.75) is 51.6 Å². The number of piperidine rings is 1. The topological polar surface area (TPSA) is 66.5 Å². The maximum atomic E-state index is 11.9. The van der Waals surface area contributed by atoms with Crippen LogP contribution in [0.2, 0.25) is 0 Å². The Hall–Kier alpha value is -0.620. The summed E-state index contributed by atoms with van der Waals surface area (Å²) in [5, 5.41) is 3.58. The summed E-state index contributed by atoms with van der Waals surface area (Å²) in [5.74, 6) is 0.945. The second-order valence-corrected chi connectivity index (χ2v) is 8.65. The highest BCUT2D eigenvalue weighted by atomic mass is 32.2. The van der Waals surface area contributed by atoms with E-state index in [4.69, 9.17) is 0 Å². The Balaban J connectivity index is 1.74. The molecule has 0 spiro atoms. The van der Waals surface area contributed by atoms with Crippen LogP contribution in [0.25, 0.3) is 0 Å². The molecule has 0 unspecified atom stereocenters. The van der Waals surface area contributed by atoms with Crippen LogP contribution in [0.1, 0.15) is 39.5 Å². The van der Waals surface area contributed by atoms with Crippen molar-refractivity contribution in [1.29, 1.82) is 0 Å². The Kier molecular flexibility index (Phi) is 5.07. The number of carbonyl (C=O) groups is 1. The second-order valence-electron chi connectivity index (χ2n) is 6.35. The molecule has 0 aliphatic carbocycles. The Labute approximate surface area is 122 Å². The van der Waals surface area contributed by atoms with Gasteiger partial charge >= 0.3 is 0 Å². The normalized spacial score (nSPS) is 25.1. The van der Waals surface area contributed by atoms with Crippen molar-refractivity contribution in [1.82, 2.24) is 10.2 Å². The Morgan fingerprint density at radius 3 is 2.05 bits per heavy atom. The number of amides is 1. The maximum Gasteiger partial charge on any atom is 0.225 e. The van der Waals surface area contributed by atoms with Crippen LogP contribution in [0.15, 0.2) is 0 Å². The molecular weight excluding hydrogens is 276 g/mol. The summed E-state index contributed by atoms with van der Waals surface area (Å²) in [4.78, 5) is 13.9. The predicted octanol–water partition coefficient (Wildman–Crippen LogP) is 0.800. The van der Waals surface area contributed by atoms with E-state index in [1.165, 1.54) is 0 Å². The largest absolute Gasteiger partial charge is 0.342 e. The van der Waals surface area contributed by atoms with Gasteiger partial charge in [0.25, 0.3) is 0 Å². The van der Waals surface area contributed by atoms with Gasteiger partial charge in [-0.3, -0.25) is 4.79 Å². The zero-order valence-corrected chi connectivity index (χ0v) is 13.3. The fourth-order valence-corrected chi connectivity index (χ4v) is 4.51. The molecule has 0 aromatic carbocycles. The van der Waals surface area contributed by atoms with Crippen molar-refractivity contribution >= 4 is 15.7 Å². The van der Waals surface area contributed by atoms with E-state index in [0.717, 1.165) is 38.8 Å². The third-order valence-corrected chi connectivity index (χ3v) is 6.04. The van der Waals surface area contributed by atoms with Gasteiger partial charge in [0.05, 0.1) is 11.5 Å². The molecule has 5 nitrogen and oxygen atoms in total. The van der Waals surface area contributed by atoms with Gasteiger partial charge in [0.2, 0.25) is 5.91 Å². The highest BCUT2D eigenvalue weighted by molar-refractivity contribution is 7.91. The molecule has 20 heavy (non-hydrogen) atoms. The van der Waals surface area contributed by atoms with Crippen LogP contribution < -0.4 is 5.32 Å². The zero-order chi connectivity index (χ0) is 14.8. The summed E-state index contributed by atoms with van der Waals surface area (Å²) < 4.78 is 22.8. The van der Waals surface area contributed by atoms with E-state index in [2.05, 4.69) is 5.32 Å². The average molecular weight is 302 g/mol. The van der Waals surface area contributed by atoms with Gasteiger partial charge in [0.15, 0.2) is 0 Å². The molecule has 2 saturated heterocycles. The number of nitrogens with one attached hydrogen (secondary N) is 1. The Morgan fingerprint density at radius 1 is 1.05 bits per heavy atom. The fraction of sp³-hybridized carbons (Fsp3) is 0.929. The first kappa shape index (κ1) is 15.8. The van der Waals surface area contributed by atoms with Gasteiger partial charge in [-0.25, -0.2) is 8.42 Å². The summed E-state index contributed by atoms with van der Waals surface area (Å²) in [5.41, 5.74) is 0. The molecular formula is C14H26N2O3S. The Morgan fingerprint density at radius 2 is 1.55 bits per heavy atom. The second kappa shape index (κ2) is 6.43. The van der Waals surface area contributed by atoms with Crippen LogP contribution in [0, 0.1) is 5.92 Å². The van der Waals surface area contributed by atoms with Crippen LogP contribution in [0.5, 0.6) is 0 Å². The highest BCUT2D eigenvalue weighted by Crippen LogP contribution is 2.17. The van der Waals surface area contributed by atoms with Gasteiger partial charge < -0.3 is 10.2 Å². The van der Waals surface area contributed by atoms with Gasteiger partial charge in [-0.1, -0.05) is 13.8 Å². The minimum absolute atomic E-state index is 0.0723. The SMILES string of the molecule is CC(C)C(=O)N1CCC(NC2CCS(=O)(=O)CC2)CC1. The van der Waals surface area contributed by atoms with Crippen LogP contribution in [-0.4, -0.2) is 55.9 Å². The smallest absolute Gasteiger partial charge is 0.225 e. The molecule has 0 saturated carbocycles. The number of likely N-dealkylation sites (tertiary alicyclic amines) is 1. The number of hydrogen-bond donors (Lipinski definition) is 1. The molecule has 0 bridgehead atoms. The summed E-state index contributed by atoms with van der Waals surface area (Å²) in [6.07, 6.45) is 3.41. The van der Waals surface area contributed by atoms with Crippen molar-refractivity contribution in [2.75, 3.05) is 24.6 Å². The van der Waals surface area contributed by atoms with Crippen molar-refractivity contribution in [3.63, 3.8) is 0 Å². The van der Waals surface area contributed by atoms with Crippen molar-refractivity contribution in [2.24, 2.45) is 5.92 Å². The van der Waals surface area contributed by atoms with Gasteiger partial charge in [0.1, 0.15) is 9.84 Å². The van der Waals surface area contributed by atoms with E-state index in [1.54, 1.807) is 0 Å². The van der Waals surface area contributed by atoms with E-state index < -0.39 is 9.84 Å². The van der Waals surface area contributed by atoms with E-state index in [1.807, 2.05) is 18.7 Å². The van der Waals surface area contributed by atoms with Crippen LogP contribution >= 0.6 is 0 Å². The number of sulfone groups is 1. The Bertz CT molecular complexity index is 425. The quantitative estimate of drug-likeness (QED) is 0.837. The molecule has 1 N–H and O–H groups in total. The monoisotopic (exact) mass is 302 g/mol. The van der Waals surface area contributed by atoms with Gasteiger partial charge in [0, 0.05) is 31.1 Å². The maximum absolute atomic E-state index is 11.9. The van der Waals surface area contributed by atoms with Crippen LogP contribution in [0.3, 0.4) is 0 Å². The van der Waals surface area contributed by atoms with E-state index in [0.29, 0.717) is 23.6 Å². The summed E-state index contributed by atoms with van der Waals surface area (Å²) in [6, 6.07) is 0.757. The van der Waals surface area contributed by atoms with E-state index in [9.17, 15) is 13.2 Å². The predicted molar refractivity (Wildman–Crippen MR) is 79.3 cm³/mol. The fourth-order valence-electron chi connectivity index (χ4n) is 3.02. The van der Waals surface area contributed by atoms with Crippen LogP contribution in [0.4, 0.5) is 0 Å². The third kappa shape index (κ3) is 4.19. The highest BCUT2D eigenvalue weighted by Gasteiger charge is 2.28. The lowest BCUT2D eigenvalue weighted by Crippen LogP contribution is -2.50. The summed E-state index contributed by atoms with van der Waals surface area (Å²) in [7, 11) is -2.78. The molecule has 6 heteroatoms. The van der Waals surface area contributed by atoms with Crippen molar-refractivity contribution < 1.29 is 13.2 Å². The third-order valence-electron chi connectivity index (χ3n) is 4.33. The first-order chi connectivity index (χ1) is 9.37. The lowest BCUT2D eigenvalue weighted by Gasteiger charge is -2.36. The minimum atomic E-state index is -2.78. The summed E-state index contributed by atoms with van der Waals surface area (Å²) >= 11 is 0. The molecule has 1 amide bonds. The molecule has 0 aromatic rings. The molecule has 2 aliphatic heterocycles. The molecule has 2 aliphatic rings. The molecule has 0 atom stereocenters. The molecule has 2 heterocycles. The lowest BCUT2D eigenvalue weighted by molar-refractivity contribution is -0.135. The zero-order valence-electron chi connectivity index (χ0n) is 12.5. The minimum Gasteiger partial charge on any atom is -0.342 e. The molecule has 0 radical (unpaired) electrons. The van der Waals surface area contributed by atoms with Crippen molar-refractivity contribution in [3.8, 4) is 0 Å². The molecule has 2 rings (SSSR count). The van der Waals surface area contributed by atoms with Crippen molar-refractivity contribution in [3.05, 3.63) is 0 Å². The summed E-state index contributed by atoms with van der Waals surface area (Å²) in [6.45, 7) is 5.52. The molecule has 116 valence electrons. The van der Waals surface area contributed by atoms with E-state index in [-0.39, 0.29) is 11.8 Å². The number of nitrogens with zero attached hydrogens (tertiary/aromatic N) is 1. The first-order valence-electron chi connectivity index (χ1n) is 7.62. The first-order valence-corrected chi connectivity index (χ1v) is 9.45. The number of rotatable bonds is 3. The van der Waals surface area contributed by atoms with Gasteiger partial charge in [-0.15, -0.1) is 0 Å². The number of hydrogen-bond acceptors (Lipinski definition) is 4. The van der Waals surface area contributed by atoms with E-state index >= 15 is 0 Å².